The fourth-order valence-electron chi connectivity index (χ4n) is 0.696. The molecule has 1 aromatic heterocycles. The number of hydrogen-bond acceptors (Lipinski definition) is 2. The van der Waals surface area contributed by atoms with Gasteiger partial charge in [-0.3, -0.25) is 4.98 Å². The summed E-state index contributed by atoms with van der Waals surface area (Å²) in [5.74, 6) is 0. The molecule has 58 valence electrons. The van der Waals surface area contributed by atoms with Gasteiger partial charge >= 0.3 is 0 Å². The molecule has 11 heavy (non-hydrogen) atoms. The molecule has 0 saturated carbocycles. The third-order valence-corrected chi connectivity index (χ3v) is 1.16. The van der Waals surface area contributed by atoms with Gasteiger partial charge in [0.15, 0.2) is 0 Å². The highest BCUT2D eigenvalue weighted by atomic mass is 14.9. The topological polar surface area (TPSA) is 24.9 Å². The van der Waals surface area contributed by atoms with Crippen molar-refractivity contribution < 1.29 is 15.1 Å². The van der Waals surface area contributed by atoms with Gasteiger partial charge in [-0.1, -0.05) is 0 Å². The van der Waals surface area contributed by atoms with Crippen LogP contribution >= 0.6 is 0 Å². The summed E-state index contributed by atoms with van der Waals surface area (Å²) < 4.78 is 84.8. The van der Waals surface area contributed by atoms with E-state index in [1.807, 2.05) is 5.32 Å². The molecule has 1 fully saturated rings. The number of nitrogens with one attached hydrogen (secondary N) is 1. The molecule has 0 aliphatic carbocycles. The van der Waals surface area contributed by atoms with Crippen LogP contribution in [0.25, 0.3) is 0 Å². The number of aromatic nitrogens is 1. The van der Waals surface area contributed by atoms with Crippen molar-refractivity contribution in [2.24, 2.45) is 0 Å². The van der Waals surface area contributed by atoms with Crippen LogP contribution in [0.15, 0.2) is 24.4 Å². The fourth-order valence-corrected chi connectivity index (χ4v) is 0.696. The zero-order valence-corrected chi connectivity index (χ0v) is 5.45. The van der Waals surface area contributed by atoms with E-state index in [2.05, 4.69) is 4.98 Å². The Labute approximate surface area is 82.1 Å². The van der Waals surface area contributed by atoms with Crippen molar-refractivity contribution in [1.29, 1.82) is 0 Å². The van der Waals surface area contributed by atoms with Crippen molar-refractivity contribution in [3.8, 4) is 0 Å². The highest BCUT2D eigenvalue weighted by Crippen LogP contribution is 2.21. The van der Waals surface area contributed by atoms with E-state index in [0.717, 1.165) is 0 Å². The quantitative estimate of drug-likeness (QED) is 0.672. The summed E-state index contributed by atoms with van der Waals surface area (Å²) in [5, 5.41) is 1.86. The molecule has 1 aliphatic rings. The molecule has 1 aliphatic heterocycles. The Balaban J connectivity index is 2.83. The van der Waals surface area contributed by atoms with Crippen LogP contribution in [0.2, 0.25) is 0 Å². The molecule has 0 bridgehead atoms. The molecule has 1 atom stereocenters. The first kappa shape index (κ1) is 1.72. The van der Waals surface area contributed by atoms with Gasteiger partial charge in [0.2, 0.25) is 0 Å². The Morgan fingerprint density at radius 1 is 1.73 bits per heavy atom. The normalized spacial score (nSPS) is 58.7. The molecule has 2 nitrogen and oxygen atoms in total. The summed E-state index contributed by atoms with van der Waals surface area (Å²) >= 11 is 0. The molecular weight excluding hydrogens is 136 g/mol. The van der Waals surface area contributed by atoms with Crippen molar-refractivity contribution in [3.05, 3.63) is 30.0 Å². The number of hydrogen-bond donors (Lipinski definition) is 1. The van der Waals surface area contributed by atoms with Crippen LogP contribution in [0.5, 0.6) is 0 Å². The van der Waals surface area contributed by atoms with E-state index < -0.39 is 55.3 Å². The lowest BCUT2D eigenvalue weighted by Gasteiger charge is -2.08. The number of pyridine rings is 1. The Kier molecular flexibility index (Phi) is 0.470. The largest absolute Gasteiger partial charge is 0.310 e. The molecule has 0 amide bonds. The van der Waals surface area contributed by atoms with Crippen molar-refractivity contribution in [2.45, 2.75) is 18.8 Å². The minimum absolute atomic E-state index is 0.770. The second-order valence-corrected chi connectivity index (χ2v) is 1.84. The van der Waals surface area contributed by atoms with E-state index >= 15 is 0 Å². The lowest BCUT2D eigenvalue weighted by molar-refractivity contribution is 0.647. The molecule has 0 spiro atoms. The Morgan fingerprint density at radius 3 is 3.18 bits per heavy atom. The maximum atomic E-state index is 8.21. The van der Waals surface area contributed by atoms with E-state index in [4.69, 9.17) is 15.1 Å². The van der Waals surface area contributed by atoms with Crippen LogP contribution in [0.4, 0.5) is 0 Å². The van der Waals surface area contributed by atoms with Gasteiger partial charge in [0.25, 0.3) is 0 Å². The van der Waals surface area contributed by atoms with Crippen molar-refractivity contribution in [2.75, 3.05) is 6.50 Å². The number of rotatable bonds is 1. The first-order valence-electron chi connectivity index (χ1n) is 8.45. The lowest BCUT2D eigenvalue weighted by atomic mass is 10.1. The summed E-state index contributed by atoms with van der Waals surface area (Å²) in [6.45, 7) is -2.95. The van der Waals surface area contributed by atoms with Crippen LogP contribution < -0.4 is 5.32 Å². The van der Waals surface area contributed by atoms with Gasteiger partial charge in [-0.25, -0.2) is 0 Å². The SMILES string of the molecule is [2H]c1nc([2H])c([2H])c(C2([2H])NC([2H])([2H])C([2H])([2H])C2([2H])[2H])c1[2H]. The molecule has 2 heteroatoms. The standard InChI is InChI=1S/C9H12N2/c1-2-9(11-5-1)8-3-6-10-7-4-8/h3-4,6-7,9,11H,1-2,5H2/i1D2,2D2,3D,4D,5D2,6D,7D,9D. The molecule has 2 rings (SSSR count). The zero-order chi connectivity index (χ0) is 17.3. The van der Waals surface area contributed by atoms with E-state index in [1.165, 1.54) is 0 Å². The van der Waals surface area contributed by atoms with Gasteiger partial charge in [0.05, 0.1) is 6.85 Å². The van der Waals surface area contributed by atoms with Gasteiger partial charge in [-0.05, 0) is 36.9 Å². The minimum Gasteiger partial charge on any atom is -0.310 e. The van der Waals surface area contributed by atoms with E-state index in [-0.39, 0.29) is 0 Å². The van der Waals surface area contributed by atoms with Crippen LogP contribution in [0.3, 0.4) is 0 Å². The van der Waals surface area contributed by atoms with E-state index in [1.54, 1.807) is 0 Å². The average molecular weight is 159 g/mol. The zero-order valence-electron chi connectivity index (χ0n) is 16.4. The maximum Gasteiger partial charge on any atom is 0.0840 e. The van der Waals surface area contributed by atoms with Crippen LogP contribution in [-0.2, 0) is 0 Å². The first-order valence-corrected chi connectivity index (χ1v) is 2.95. The fraction of sp³-hybridized carbons (Fsp3) is 0.444. The van der Waals surface area contributed by atoms with Gasteiger partial charge in [0.1, 0.15) is 0 Å². The summed E-state index contributed by atoms with van der Waals surface area (Å²) in [5.41, 5.74) is -0.784. The van der Waals surface area contributed by atoms with Gasteiger partial charge in [-0.15, -0.1) is 0 Å². The van der Waals surface area contributed by atoms with Gasteiger partial charge in [-0.2, -0.15) is 0 Å². The van der Waals surface area contributed by atoms with Gasteiger partial charge in [0, 0.05) is 26.6 Å². The third kappa shape index (κ3) is 1.40. The highest BCUT2D eigenvalue weighted by Gasteiger charge is 2.14. The predicted octanol–water partition coefficient (Wildman–Crippen LogP) is 1.51. The highest BCUT2D eigenvalue weighted by molar-refractivity contribution is 5.15. The Hall–Kier alpha value is -0.890. The van der Waals surface area contributed by atoms with E-state index in [0.29, 0.717) is 0 Å². The summed E-state index contributed by atoms with van der Waals surface area (Å²) in [6.07, 6.45) is -7.86. The molecule has 1 N–H and O–H groups in total. The average Bonchev–Trinajstić information content (AvgIpc) is 2.43. The van der Waals surface area contributed by atoms with Crippen LogP contribution in [-0.4, -0.2) is 11.5 Å². The van der Waals surface area contributed by atoms with E-state index in [9.17, 15) is 0 Å². The molecule has 2 heterocycles. The summed E-state index contributed by atoms with van der Waals surface area (Å²) in [6, 6.07) is -4.50. The van der Waals surface area contributed by atoms with Gasteiger partial charge < -0.3 is 5.32 Å². The van der Waals surface area contributed by atoms with Crippen LogP contribution in [0, 0.1) is 0 Å². The van der Waals surface area contributed by atoms with Crippen molar-refractivity contribution in [3.63, 3.8) is 0 Å². The molecule has 1 unspecified atom stereocenters. The Morgan fingerprint density at radius 2 is 2.55 bits per heavy atom. The molecule has 0 radical (unpaired) electrons. The maximum absolute atomic E-state index is 8.21. The smallest absolute Gasteiger partial charge is 0.0840 e. The lowest BCUT2D eigenvalue weighted by Crippen LogP contribution is -2.12. The predicted molar refractivity (Wildman–Crippen MR) is 44.2 cm³/mol. The van der Waals surface area contributed by atoms with Crippen molar-refractivity contribution in [1.82, 2.24) is 10.3 Å². The van der Waals surface area contributed by atoms with Crippen molar-refractivity contribution >= 4 is 0 Å². The van der Waals surface area contributed by atoms with Crippen LogP contribution in [0.1, 0.15) is 39.4 Å². The second kappa shape index (κ2) is 3.01. The minimum atomic E-state index is -3.17. The summed E-state index contributed by atoms with van der Waals surface area (Å²) in [7, 11) is 0. The molecule has 1 saturated heterocycles. The monoisotopic (exact) mass is 159 g/mol. The first-order chi connectivity index (χ1) is 9.71. The molecule has 1 aromatic rings. The number of nitrogens with zero attached hydrogens (tertiary/aromatic N) is 1. The second-order valence-electron chi connectivity index (χ2n) is 1.84. The Bertz CT molecular complexity index is 617. The third-order valence-electron chi connectivity index (χ3n) is 1.16. The molecule has 0 aromatic carbocycles. The summed E-state index contributed by atoms with van der Waals surface area (Å²) in [4.78, 5) is 3.29. The molecular formula is C9H12N2.